The van der Waals surface area contributed by atoms with Crippen LogP contribution in [0.4, 0.5) is 0 Å². The van der Waals surface area contributed by atoms with E-state index in [0.717, 1.165) is 16.9 Å². The SMILES string of the molecule is Cc1cccn2c(CN=[N+]=[N-])cnc12. The van der Waals surface area contributed by atoms with E-state index < -0.39 is 0 Å². The molecule has 70 valence electrons. The first-order chi connectivity index (χ1) is 6.83. The molecule has 0 saturated heterocycles. The molecule has 2 rings (SSSR count). The first-order valence-corrected chi connectivity index (χ1v) is 4.25. The average molecular weight is 187 g/mol. The van der Waals surface area contributed by atoms with E-state index in [1.807, 2.05) is 29.7 Å². The van der Waals surface area contributed by atoms with Gasteiger partial charge in [0.1, 0.15) is 5.65 Å². The van der Waals surface area contributed by atoms with E-state index >= 15 is 0 Å². The second-order valence-electron chi connectivity index (χ2n) is 3.02. The largest absolute Gasteiger partial charge is 0.304 e. The molecule has 14 heavy (non-hydrogen) atoms. The van der Waals surface area contributed by atoms with Gasteiger partial charge >= 0.3 is 0 Å². The zero-order valence-electron chi connectivity index (χ0n) is 7.75. The van der Waals surface area contributed by atoms with Crippen LogP contribution in [0.2, 0.25) is 0 Å². The van der Waals surface area contributed by atoms with Gasteiger partial charge in [0.25, 0.3) is 0 Å². The number of imidazole rings is 1. The van der Waals surface area contributed by atoms with Crippen molar-refractivity contribution in [2.45, 2.75) is 13.5 Å². The summed E-state index contributed by atoms with van der Waals surface area (Å²) in [7, 11) is 0. The molecule has 0 spiro atoms. The maximum atomic E-state index is 8.22. The van der Waals surface area contributed by atoms with E-state index in [1.54, 1.807) is 6.20 Å². The molecule has 2 aromatic rings. The molecule has 5 nitrogen and oxygen atoms in total. The van der Waals surface area contributed by atoms with Gasteiger partial charge in [-0.25, -0.2) is 4.98 Å². The zero-order valence-corrected chi connectivity index (χ0v) is 7.75. The van der Waals surface area contributed by atoms with E-state index in [1.165, 1.54) is 0 Å². The fourth-order valence-electron chi connectivity index (χ4n) is 1.42. The Labute approximate surface area is 80.6 Å². The monoisotopic (exact) mass is 187 g/mol. The van der Waals surface area contributed by atoms with Crippen molar-refractivity contribution in [2.75, 3.05) is 0 Å². The van der Waals surface area contributed by atoms with Gasteiger partial charge < -0.3 is 4.40 Å². The molecule has 0 unspecified atom stereocenters. The molecule has 0 N–H and O–H groups in total. The van der Waals surface area contributed by atoms with Gasteiger partial charge in [-0.05, 0) is 24.1 Å². The highest BCUT2D eigenvalue weighted by Gasteiger charge is 2.02. The van der Waals surface area contributed by atoms with Gasteiger partial charge in [0.15, 0.2) is 0 Å². The lowest BCUT2D eigenvalue weighted by Gasteiger charge is -1.99. The fourth-order valence-corrected chi connectivity index (χ4v) is 1.42. The third-order valence-electron chi connectivity index (χ3n) is 2.10. The normalized spacial score (nSPS) is 10.1. The molecule has 0 aromatic carbocycles. The number of nitrogens with zero attached hydrogens (tertiary/aromatic N) is 5. The highest BCUT2D eigenvalue weighted by Crippen LogP contribution is 2.11. The van der Waals surface area contributed by atoms with Gasteiger partial charge in [-0.1, -0.05) is 11.2 Å². The molecule has 0 amide bonds. The molecule has 0 atom stereocenters. The van der Waals surface area contributed by atoms with Crippen LogP contribution < -0.4 is 0 Å². The Hall–Kier alpha value is -2.00. The maximum absolute atomic E-state index is 8.22. The van der Waals surface area contributed by atoms with Crippen molar-refractivity contribution in [1.82, 2.24) is 9.38 Å². The lowest BCUT2D eigenvalue weighted by Crippen LogP contribution is -1.91. The highest BCUT2D eigenvalue weighted by atomic mass is 15.1. The molecule has 0 saturated carbocycles. The smallest absolute Gasteiger partial charge is 0.139 e. The van der Waals surface area contributed by atoms with Crippen molar-refractivity contribution in [2.24, 2.45) is 5.11 Å². The Balaban J connectivity index is 2.57. The highest BCUT2D eigenvalue weighted by molar-refractivity contribution is 5.48. The maximum Gasteiger partial charge on any atom is 0.139 e. The van der Waals surface area contributed by atoms with E-state index in [4.69, 9.17) is 5.53 Å². The molecular weight excluding hydrogens is 178 g/mol. The summed E-state index contributed by atoms with van der Waals surface area (Å²) < 4.78 is 1.93. The summed E-state index contributed by atoms with van der Waals surface area (Å²) in [5.41, 5.74) is 11.1. The Morgan fingerprint density at radius 1 is 1.64 bits per heavy atom. The lowest BCUT2D eigenvalue weighted by atomic mass is 10.3. The van der Waals surface area contributed by atoms with Crippen LogP contribution in [0.5, 0.6) is 0 Å². The molecule has 0 aliphatic heterocycles. The fraction of sp³-hybridized carbons (Fsp3) is 0.222. The third kappa shape index (κ3) is 1.30. The Morgan fingerprint density at radius 3 is 3.29 bits per heavy atom. The van der Waals surface area contributed by atoms with Crippen LogP contribution in [0.1, 0.15) is 11.3 Å². The van der Waals surface area contributed by atoms with Crippen LogP contribution in [0, 0.1) is 6.92 Å². The van der Waals surface area contributed by atoms with Crippen molar-refractivity contribution >= 4 is 5.65 Å². The van der Waals surface area contributed by atoms with E-state index in [2.05, 4.69) is 15.0 Å². The Bertz CT molecular complexity index is 507. The van der Waals surface area contributed by atoms with Crippen LogP contribution in [-0.4, -0.2) is 9.38 Å². The number of fused-ring (bicyclic) bond motifs is 1. The number of aryl methyl sites for hydroxylation is 1. The predicted molar refractivity (Wildman–Crippen MR) is 52.8 cm³/mol. The standard InChI is InChI=1S/C9H9N5/c1-7-3-2-4-14-8(6-12-13-10)5-11-9(7)14/h2-5H,6H2,1H3. The van der Waals surface area contributed by atoms with Gasteiger partial charge in [0.05, 0.1) is 6.54 Å². The van der Waals surface area contributed by atoms with Crippen molar-refractivity contribution in [3.8, 4) is 0 Å². The Morgan fingerprint density at radius 2 is 2.50 bits per heavy atom. The third-order valence-corrected chi connectivity index (χ3v) is 2.10. The van der Waals surface area contributed by atoms with Gasteiger partial charge in [-0.2, -0.15) is 0 Å². The number of pyridine rings is 1. The topological polar surface area (TPSA) is 66.1 Å². The second-order valence-corrected chi connectivity index (χ2v) is 3.02. The van der Waals surface area contributed by atoms with Crippen molar-refractivity contribution in [3.63, 3.8) is 0 Å². The number of hydrogen-bond acceptors (Lipinski definition) is 2. The molecule has 0 aliphatic carbocycles. The van der Waals surface area contributed by atoms with Crippen molar-refractivity contribution in [1.29, 1.82) is 0 Å². The minimum atomic E-state index is 0.334. The average Bonchev–Trinajstić information content (AvgIpc) is 2.60. The summed E-state index contributed by atoms with van der Waals surface area (Å²) >= 11 is 0. The lowest BCUT2D eigenvalue weighted by molar-refractivity contribution is 0.946. The first-order valence-electron chi connectivity index (χ1n) is 4.25. The second kappa shape index (κ2) is 3.40. The first kappa shape index (κ1) is 8.59. The quantitative estimate of drug-likeness (QED) is 0.404. The summed E-state index contributed by atoms with van der Waals surface area (Å²) in [6.07, 6.45) is 3.65. The predicted octanol–water partition coefficient (Wildman–Crippen LogP) is 2.45. The molecule has 0 aliphatic rings. The molecule has 2 aromatic heterocycles. The van der Waals surface area contributed by atoms with Gasteiger partial charge in [0, 0.05) is 23.0 Å². The molecule has 0 fully saturated rings. The summed E-state index contributed by atoms with van der Waals surface area (Å²) in [5.74, 6) is 0. The number of aromatic nitrogens is 2. The van der Waals surface area contributed by atoms with Crippen LogP contribution in [-0.2, 0) is 6.54 Å². The number of hydrogen-bond donors (Lipinski definition) is 0. The molecule has 5 heteroatoms. The molecule has 2 heterocycles. The van der Waals surface area contributed by atoms with Crippen molar-refractivity contribution < 1.29 is 0 Å². The number of azide groups is 1. The molecular formula is C9H9N5. The molecule has 0 radical (unpaired) electrons. The Kier molecular flexibility index (Phi) is 2.08. The van der Waals surface area contributed by atoms with Crippen LogP contribution in [0.15, 0.2) is 29.6 Å². The van der Waals surface area contributed by atoms with E-state index in [0.29, 0.717) is 6.54 Å². The van der Waals surface area contributed by atoms with Crippen LogP contribution in [0.3, 0.4) is 0 Å². The number of rotatable bonds is 2. The van der Waals surface area contributed by atoms with Crippen molar-refractivity contribution in [3.05, 3.63) is 46.2 Å². The van der Waals surface area contributed by atoms with Crippen LogP contribution in [0.25, 0.3) is 16.1 Å². The van der Waals surface area contributed by atoms with E-state index in [-0.39, 0.29) is 0 Å². The van der Waals surface area contributed by atoms with Gasteiger partial charge in [0.2, 0.25) is 0 Å². The summed E-state index contributed by atoms with van der Waals surface area (Å²) in [4.78, 5) is 6.97. The summed E-state index contributed by atoms with van der Waals surface area (Å²) in [6, 6.07) is 3.95. The van der Waals surface area contributed by atoms with Gasteiger partial charge in [-0.3, -0.25) is 0 Å². The minimum Gasteiger partial charge on any atom is -0.304 e. The molecule has 0 bridgehead atoms. The summed E-state index contributed by atoms with van der Waals surface area (Å²) in [5, 5.41) is 3.51. The van der Waals surface area contributed by atoms with Crippen LogP contribution >= 0.6 is 0 Å². The van der Waals surface area contributed by atoms with E-state index in [9.17, 15) is 0 Å². The minimum absolute atomic E-state index is 0.334. The van der Waals surface area contributed by atoms with Gasteiger partial charge in [-0.15, -0.1) is 0 Å². The zero-order chi connectivity index (χ0) is 9.97. The summed E-state index contributed by atoms with van der Waals surface area (Å²) in [6.45, 7) is 2.33.